The molecule has 0 amide bonds. The van der Waals surface area contributed by atoms with Gasteiger partial charge in [0.2, 0.25) is 0 Å². The minimum Gasteiger partial charge on any atom is -0.0846 e. The molecular formula is C10H14Cl2. The smallest absolute Gasteiger partial charge is 0.0420 e. The van der Waals surface area contributed by atoms with Crippen LogP contribution in [0.25, 0.3) is 0 Å². The zero-order chi connectivity index (χ0) is 9.56. The fourth-order valence-corrected chi connectivity index (χ4v) is 1.34. The number of rotatable bonds is 0. The first-order chi connectivity index (χ1) is 5.68. The Bertz CT molecular complexity index is 222. The predicted molar refractivity (Wildman–Crippen MR) is 57.6 cm³/mol. The van der Waals surface area contributed by atoms with E-state index in [0.717, 1.165) is 11.5 Å². The van der Waals surface area contributed by atoms with Crippen molar-refractivity contribution >= 4 is 23.2 Å². The second-order valence-electron chi connectivity index (χ2n) is 2.31. The lowest BCUT2D eigenvalue weighted by Gasteiger charge is -1.89. The van der Waals surface area contributed by atoms with E-state index in [9.17, 15) is 0 Å². The van der Waals surface area contributed by atoms with Gasteiger partial charge in [-0.3, -0.25) is 0 Å². The van der Waals surface area contributed by atoms with Gasteiger partial charge in [0.25, 0.3) is 0 Å². The van der Waals surface area contributed by atoms with Crippen LogP contribution in [0.15, 0.2) is 33.9 Å². The highest BCUT2D eigenvalue weighted by Crippen LogP contribution is 2.20. The summed E-state index contributed by atoms with van der Waals surface area (Å²) >= 11 is 11.5. The van der Waals surface area contributed by atoms with Crippen molar-refractivity contribution in [3.63, 3.8) is 0 Å². The van der Waals surface area contributed by atoms with Crippen LogP contribution in [-0.2, 0) is 0 Å². The molecular weight excluding hydrogens is 191 g/mol. The average molecular weight is 205 g/mol. The van der Waals surface area contributed by atoms with Crippen LogP contribution in [0.3, 0.4) is 0 Å². The molecule has 0 fully saturated rings. The van der Waals surface area contributed by atoms with Crippen molar-refractivity contribution in [3.05, 3.63) is 33.9 Å². The standard InChI is InChI=1S/C8H8Cl2.C2H6/c1-6-2-3-7(9)5-8(10)4-6;1-2/h3-5H,2H2,1H3;1-2H3. The molecule has 0 nitrogen and oxygen atoms in total. The first-order valence-electron chi connectivity index (χ1n) is 4.08. The third-order valence-corrected chi connectivity index (χ3v) is 1.76. The summed E-state index contributed by atoms with van der Waals surface area (Å²) in [6, 6.07) is 0. The Kier molecular flexibility index (Phi) is 6.23. The SMILES string of the molecule is CC.CC1=CC(Cl)=CC(Cl)=CC1. The van der Waals surface area contributed by atoms with E-state index in [1.807, 2.05) is 32.9 Å². The fourth-order valence-electron chi connectivity index (χ4n) is 0.785. The van der Waals surface area contributed by atoms with Crippen LogP contribution in [0.2, 0.25) is 0 Å². The minimum absolute atomic E-state index is 0.705. The van der Waals surface area contributed by atoms with Crippen LogP contribution < -0.4 is 0 Å². The summed E-state index contributed by atoms with van der Waals surface area (Å²) in [5, 5.41) is 1.43. The van der Waals surface area contributed by atoms with Gasteiger partial charge >= 0.3 is 0 Å². The molecule has 0 saturated heterocycles. The zero-order valence-electron chi connectivity index (χ0n) is 7.70. The van der Waals surface area contributed by atoms with Crippen LogP contribution in [0.1, 0.15) is 27.2 Å². The van der Waals surface area contributed by atoms with E-state index in [4.69, 9.17) is 23.2 Å². The van der Waals surface area contributed by atoms with Crippen LogP contribution in [-0.4, -0.2) is 0 Å². The summed E-state index contributed by atoms with van der Waals surface area (Å²) in [5.74, 6) is 0. The molecule has 0 spiro atoms. The molecule has 1 aliphatic carbocycles. The van der Waals surface area contributed by atoms with E-state index < -0.39 is 0 Å². The van der Waals surface area contributed by atoms with Crippen molar-refractivity contribution in [1.29, 1.82) is 0 Å². The van der Waals surface area contributed by atoms with Gasteiger partial charge in [-0.15, -0.1) is 0 Å². The molecule has 0 aliphatic heterocycles. The molecule has 1 rings (SSSR count). The molecule has 0 radical (unpaired) electrons. The Morgan fingerprint density at radius 1 is 1.08 bits per heavy atom. The molecule has 2 heteroatoms. The summed E-state index contributed by atoms with van der Waals surface area (Å²) in [4.78, 5) is 0. The predicted octanol–water partition coefficient (Wildman–Crippen LogP) is 4.61. The highest BCUT2D eigenvalue weighted by atomic mass is 35.5. The molecule has 0 heterocycles. The maximum atomic E-state index is 5.77. The van der Waals surface area contributed by atoms with Gasteiger partial charge in [-0.1, -0.05) is 48.7 Å². The molecule has 1 aliphatic rings. The van der Waals surface area contributed by atoms with Gasteiger partial charge in [0.05, 0.1) is 0 Å². The normalized spacial score (nSPS) is 16.2. The lowest BCUT2D eigenvalue weighted by Crippen LogP contribution is -1.69. The lowest BCUT2D eigenvalue weighted by molar-refractivity contribution is 1.21. The van der Waals surface area contributed by atoms with E-state index >= 15 is 0 Å². The van der Waals surface area contributed by atoms with Gasteiger partial charge in [0, 0.05) is 10.1 Å². The van der Waals surface area contributed by atoms with Gasteiger partial charge in [0.1, 0.15) is 0 Å². The largest absolute Gasteiger partial charge is 0.0846 e. The van der Waals surface area contributed by atoms with E-state index in [1.165, 1.54) is 5.57 Å². The molecule has 0 aromatic rings. The Morgan fingerprint density at radius 2 is 1.67 bits per heavy atom. The average Bonchev–Trinajstić information content (AvgIpc) is 2.16. The van der Waals surface area contributed by atoms with Gasteiger partial charge in [-0.25, -0.2) is 0 Å². The van der Waals surface area contributed by atoms with Crippen LogP contribution >= 0.6 is 23.2 Å². The van der Waals surface area contributed by atoms with Gasteiger partial charge in [-0.2, -0.15) is 0 Å². The molecule has 0 unspecified atom stereocenters. The Morgan fingerprint density at radius 3 is 2.25 bits per heavy atom. The summed E-state index contributed by atoms with van der Waals surface area (Å²) in [6.45, 7) is 6.03. The molecule has 0 N–H and O–H groups in total. The van der Waals surface area contributed by atoms with Crippen LogP contribution in [0, 0.1) is 0 Å². The maximum Gasteiger partial charge on any atom is 0.0420 e. The first-order valence-corrected chi connectivity index (χ1v) is 4.84. The summed E-state index contributed by atoms with van der Waals surface area (Å²) in [7, 11) is 0. The molecule has 0 bridgehead atoms. The molecule has 0 aromatic carbocycles. The summed E-state index contributed by atoms with van der Waals surface area (Å²) in [6.07, 6.45) is 6.52. The topological polar surface area (TPSA) is 0 Å². The van der Waals surface area contributed by atoms with Crippen molar-refractivity contribution in [2.75, 3.05) is 0 Å². The molecule has 12 heavy (non-hydrogen) atoms. The van der Waals surface area contributed by atoms with E-state index in [1.54, 1.807) is 6.08 Å². The van der Waals surface area contributed by atoms with E-state index in [0.29, 0.717) is 5.03 Å². The second kappa shape index (κ2) is 6.33. The van der Waals surface area contributed by atoms with Gasteiger partial charge < -0.3 is 0 Å². The number of hydrogen-bond donors (Lipinski definition) is 0. The van der Waals surface area contributed by atoms with Crippen molar-refractivity contribution in [2.45, 2.75) is 27.2 Å². The maximum absolute atomic E-state index is 5.77. The van der Waals surface area contributed by atoms with Crippen molar-refractivity contribution in [2.24, 2.45) is 0 Å². The van der Waals surface area contributed by atoms with Crippen molar-refractivity contribution < 1.29 is 0 Å². The van der Waals surface area contributed by atoms with Crippen LogP contribution in [0.4, 0.5) is 0 Å². The zero-order valence-corrected chi connectivity index (χ0v) is 9.21. The second-order valence-corrected chi connectivity index (χ2v) is 3.19. The Balaban J connectivity index is 0.000000561. The number of allylic oxidation sites excluding steroid dienone is 6. The third kappa shape index (κ3) is 4.63. The highest BCUT2D eigenvalue weighted by Gasteiger charge is 1.97. The molecule has 0 aromatic heterocycles. The van der Waals surface area contributed by atoms with Crippen molar-refractivity contribution in [3.8, 4) is 0 Å². The van der Waals surface area contributed by atoms with Gasteiger partial charge in [0.15, 0.2) is 0 Å². The van der Waals surface area contributed by atoms with E-state index in [2.05, 4.69) is 0 Å². The molecule has 0 saturated carbocycles. The van der Waals surface area contributed by atoms with Crippen LogP contribution in [0.5, 0.6) is 0 Å². The minimum atomic E-state index is 0.705. The molecule has 68 valence electrons. The highest BCUT2D eigenvalue weighted by molar-refractivity contribution is 6.35. The lowest BCUT2D eigenvalue weighted by atomic mass is 10.2. The number of halogens is 2. The van der Waals surface area contributed by atoms with Gasteiger partial charge in [-0.05, 0) is 25.5 Å². The Hall–Kier alpha value is -0.200. The number of hydrogen-bond acceptors (Lipinski definition) is 0. The quantitative estimate of drug-likeness (QED) is 0.541. The molecule has 0 atom stereocenters. The first kappa shape index (κ1) is 11.8. The fraction of sp³-hybridized carbons (Fsp3) is 0.400. The van der Waals surface area contributed by atoms with E-state index in [-0.39, 0.29) is 0 Å². The third-order valence-electron chi connectivity index (χ3n) is 1.28. The Labute approximate surface area is 84.6 Å². The van der Waals surface area contributed by atoms with Crippen molar-refractivity contribution in [1.82, 2.24) is 0 Å². The summed E-state index contributed by atoms with van der Waals surface area (Å²) < 4.78 is 0. The summed E-state index contributed by atoms with van der Waals surface area (Å²) in [5.41, 5.74) is 1.23. The monoisotopic (exact) mass is 204 g/mol.